The summed E-state index contributed by atoms with van der Waals surface area (Å²) in [5.74, 6) is 1.77. The molecule has 0 saturated heterocycles. The zero-order chi connectivity index (χ0) is 11.4. The SMILES string of the molecule is CCCn1ccnc1NCc1nncn1C. The first-order valence-corrected chi connectivity index (χ1v) is 5.39. The molecule has 2 rings (SSSR count). The van der Waals surface area contributed by atoms with Gasteiger partial charge in [0.25, 0.3) is 0 Å². The molecule has 0 aliphatic rings. The van der Waals surface area contributed by atoms with E-state index in [2.05, 4.69) is 32.0 Å². The lowest BCUT2D eigenvalue weighted by Gasteiger charge is -2.07. The third kappa shape index (κ3) is 2.21. The maximum atomic E-state index is 4.26. The van der Waals surface area contributed by atoms with Gasteiger partial charge in [0.05, 0.1) is 6.54 Å². The largest absolute Gasteiger partial charge is 0.348 e. The Bertz CT molecular complexity index is 444. The fourth-order valence-corrected chi connectivity index (χ4v) is 1.52. The topological polar surface area (TPSA) is 60.6 Å². The lowest BCUT2D eigenvalue weighted by atomic mass is 10.5. The molecule has 0 aliphatic heterocycles. The second kappa shape index (κ2) is 4.78. The normalized spacial score (nSPS) is 10.6. The molecule has 6 nitrogen and oxygen atoms in total. The number of aromatic nitrogens is 5. The number of hydrogen-bond donors (Lipinski definition) is 1. The molecule has 0 aromatic carbocycles. The summed E-state index contributed by atoms with van der Waals surface area (Å²) in [5, 5.41) is 11.1. The van der Waals surface area contributed by atoms with Crippen molar-refractivity contribution in [3.8, 4) is 0 Å². The van der Waals surface area contributed by atoms with Gasteiger partial charge in [-0.15, -0.1) is 10.2 Å². The predicted octanol–water partition coefficient (Wildman–Crippen LogP) is 1.03. The van der Waals surface area contributed by atoms with E-state index in [0.29, 0.717) is 6.54 Å². The lowest BCUT2D eigenvalue weighted by Crippen LogP contribution is -2.10. The summed E-state index contributed by atoms with van der Waals surface area (Å²) < 4.78 is 3.98. The molecule has 0 radical (unpaired) electrons. The minimum atomic E-state index is 0.636. The maximum absolute atomic E-state index is 4.26. The Morgan fingerprint density at radius 1 is 1.44 bits per heavy atom. The first-order valence-electron chi connectivity index (χ1n) is 5.39. The van der Waals surface area contributed by atoms with Crippen LogP contribution in [0.5, 0.6) is 0 Å². The first kappa shape index (κ1) is 10.7. The first-order chi connectivity index (χ1) is 7.81. The van der Waals surface area contributed by atoms with Crippen molar-refractivity contribution >= 4 is 5.95 Å². The summed E-state index contributed by atoms with van der Waals surface area (Å²) in [5.41, 5.74) is 0. The van der Waals surface area contributed by atoms with Crippen LogP contribution in [0.3, 0.4) is 0 Å². The Labute approximate surface area is 94.3 Å². The molecule has 0 fully saturated rings. The van der Waals surface area contributed by atoms with Gasteiger partial charge in [0, 0.05) is 26.0 Å². The van der Waals surface area contributed by atoms with Gasteiger partial charge < -0.3 is 14.5 Å². The van der Waals surface area contributed by atoms with Gasteiger partial charge in [-0.3, -0.25) is 0 Å². The van der Waals surface area contributed by atoms with Crippen LogP contribution in [0.25, 0.3) is 0 Å². The average molecular weight is 220 g/mol. The zero-order valence-corrected chi connectivity index (χ0v) is 9.59. The van der Waals surface area contributed by atoms with Gasteiger partial charge in [-0.1, -0.05) is 6.92 Å². The van der Waals surface area contributed by atoms with E-state index in [1.165, 1.54) is 0 Å². The van der Waals surface area contributed by atoms with Crippen LogP contribution in [0.4, 0.5) is 5.95 Å². The predicted molar refractivity (Wildman–Crippen MR) is 60.8 cm³/mol. The molecule has 0 unspecified atom stereocenters. The molecule has 6 heteroatoms. The Kier molecular flexibility index (Phi) is 3.19. The van der Waals surface area contributed by atoms with E-state index in [9.17, 15) is 0 Å². The second-order valence-electron chi connectivity index (χ2n) is 3.66. The Hall–Kier alpha value is -1.85. The number of aryl methyl sites for hydroxylation is 2. The summed E-state index contributed by atoms with van der Waals surface area (Å²) in [6, 6.07) is 0. The van der Waals surface area contributed by atoms with Crippen molar-refractivity contribution < 1.29 is 0 Å². The number of imidazole rings is 1. The fourth-order valence-electron chi connectivity index (χ4n) is 1.52. The number of anilines is 1. The summed E-state index contributed by atoms with van der Waals surface area (Å²) in [4.78, 5) is 4.26. The fraction of sp³-hybridized carbons (Fsp3) is 0.500. The number of nitrogens with one attached hydrogen (secondary N) is 1. The number of hydrogen-bond acceptors (Lipinski definition) is 4. The van der Waals surface area contributed by atoms with Crippen LogP contribution >= 0.6 is 0 Å². The Balaban J connectivity index is 1.99. The molecule has 0 atom stereocenters. The highest BCUT2D eigenvalue weighted by Gasteiger charge is 2.04. The summed E-state index contributed by atoms with van der Waals surface area (Å²) in [7, 11) is 1.93. The zero-order valence-electron chi connectivity index (χ0n) is 9.59. The average Bonchev–Trinajstić information content (AvgIpc) is 2.86. The smallest absolute Gasteiger partial charge is 0.203 e. The molecule has 0 spiro atoms. The van der Waals surface area contributed by atoms with Crippen molar-refractivity contribution in [1.82, 2.24) is 24.3 Å². The molecule has 0 bridgehead atoms. The van der Waals surface area contributed by atoms with Crippen LogP contribution in [0.15, 0.2) is 18.7 Å². The van der Waals surface area contributed by atoms with E-state index in [4.69, 9.17) is 0 Å². The summed E-state index contributed by atoms with van der Waals surface area (Å²) in [6.45, 7) is 3.75. The van der Waals surface area contributed by atoms with Crippen LogP contribution < -0.4 is 5.32 Å². The lowest BCUT2D eigenvalue weighted by molar-refractivity contribution is 0.679. The van der Waals surface area contributed by atoms with E-state index in [1.807, 2.05) is 17.8 Å². The van der Waals surface area contributed by atoms with Crippen LogP contribution in [0, 0.1) is 0 Å². The Morgan fingerprint density at radius 3 is 3.00 bits per heavy atom. The number of nitrogens with zero attached hydrogens (tertiary/aromatic N) is 5. The van der Waals surface area contributed by atoms with Gasteiger partial charge >= 0.3 is 0 Å². The Morgan fingerprint density at radius 2 is 2.31 bits per heavy atom. The third-order valence-electron chi connectivity index (χ3n) is 2.39. The van der Waals surface area contributed by atoms with Gasteiger partial charge in [-0.2, -0.15) is 0 Å². The van der Waals surface area contributed by atoms with Crippen molar-refractivity contribution in [2.75, 3.05) is 5.32 Å². The molecule has 0 amide bonds. The number of rotatable bonds is 5. The van der Waals surface area contributed by atoms with Crippen molar-refractivity contribution in [3.63, 3.8) is 0 Å². The van der Waals surface area contributed by atoms with Crippen LogP contribution in [0.1, 0.15) is 19.2 Å². The molecule has 0 aliphatic carbocycles. The van der Waals surface area contributed by atoms with E-state index in [0.717, 1.165) is 24.7 Å². The van der Waals surface area contributed by atoms with Gasteiger partial charge in [-0.25, -0.2) is 4.98 Å². The van der Waals surface area contributed by atoms with Crippen molar-refractivity contribution in [2.45, 2.75) is 26.4 Å². The minimum absolute atomic E-state index is 0.636. The molecule has 0 saturated carbocycles. The highest BCUT2D eigenvalue weighted by atomic mass is 15.3. The molecule has 2 heterocycles. The summed E-state index contributed by atoms with van der Waals surface area (Å²) >= 11 is 0. The maximum Gasteiger partial charge on any atom is 0.203 e. The quantitative estimate of drug-likeness (QED) is 0.817. The summed E-state index contributed by atoms with van der Waals surface area (Å²) in [6.07, 6.45) is 6.56. The van der Waals surface area contributed by atoms with E-state index >= 15 is 0 Å². The second-order valence-corrected chi connectivity index (χ2v) is 3.66. The van der Waals surface area contributed by atoms with E-state index in [1.54, 1.807) is 12.5 Å². The molecule has 86 valence electrons. The van der Waals surface area contributed by atoms with Crippen molar-refractivity contribution in [2.24, 2.45) is 7.05 Å². The highest BCUT2D eigenvalue weighted by molar-refractivity contribution is 5.26. The molecular weight excluding hydrogens is 204 g/mol. The third-order valence-corrected chi connectivity index (χ3v) is 2.39. The molecule has 2 aromatic heterocycles. The van der Waals surface area contributed by atoms with E-state index < -0.39 is 0 Å². The van der Waals surface area contributed by atoms with Gasteiger partial charge in [0.2, 0.25) is 5.95 Å². The van der Waals surface area contributed by atoms with Crippen molar-refractivity contribution in [1.29, 1.82) is 0 Å². The van der Waals surface area contributed by atoms with Gasteiger partial charge in [0.15, 0.2) is 5.82 Å². The van der Waals surface area contributed by atoms with Gasteiger partial charge in [-0.05, 0) is 6.42 Å². The van der Waals surface area contributed by atoms with Crippen molar-refractivity contribution in [3.05, 3.63) is 24.5 Å². The molecule has 16 heavy (non-hydrogen) atoms. The molecule has 2 aromatic rings. The van der Waals surface area contributed by atoms with Crippen LogP contribution in [0.2, 0.25) is 0 Å². The minimum Gasteiger partial charge on any atom is -0.348 e. The standard InChI is InChI=1S/C10H16N6/c1-3-5-16-6-4-11-10(16)12-7-9-14-13-8-15(9)2/h4,6,8H,3,5,7H2,1-2H3,(H,11,12). The van der Waals surface area contributed by atoms with Crippen LogP contribution in [-0.4, -0.2) is 24.3 Å². The van der Waals surface area contributed by atoms with E-state index in [-0.39, 0.29) is 0 Å². The monoisotopic (exact) mass is 220 g/mol. The van der Waals surface area contributed by atoms with Gasteiger partial charge in [0.1, 0.15) is 6.33 Å². The van der Waals surface area contributed by atoms with Crippen LogP contribution in [-0.2, 0) is 20.1 Å². The molecule has 1 N–H and O–H groups in total. The molecular formula is C10H16N6. The highest BCUT2D eigenvalue weighted by Crippen LogP contribution is 2.06.